The molecule has 0 radical (unpaired) electrons. The molecule has 0 aliphatic rings. The Morgan fingerprint density at radius 3 is 1.86 bits per heavy atom. The molecule has 1 atom stereocenters. The van der Waals surface area contributed by atoms with Gasteiger partial charge in [0.25, 0.3) is 5.91 Å². The molecule has 3 heteroatoms. The Morgan fingerprint density at radius 1 is 0.821 bits per heavy atom. The van der Waals surface area contributed by atoms with Crippen LogP contribution in [0.2, 0.25) is 0 Å². The van der Waals surface area contributed by atoms with Gasteiger partial charge in [0.1, 0.15) is 6.04 Å². The lowest BCUT2D eigenvalue weighted by molar-refractivity contribution is -0.897. The van der Waals surface area contributed by atoms with E-state index in [1.165, 1.54) is 11.1 Å². The number of para-hydroxylation sites is 1. The number of nitrogens with one attached hydrogen (secondary N) is 2. The summed E-state index contributed by atoms with van der Waals surface area (Å²) in [7, 11) is 2.08. The van der Waals surface area contributed by atoms with Crippen LogP contribution in [0, 0.1) is 0 Å². The first kappa shape index (κ1) is 19.8. The van der Waals surface area contributed by atoms with E-state index in [4.69, 9.17) is 0 Å². The monoisotopic (exact) mass is 373 g/mol. The van der Waals surface area contributed by atoms with Crippen LogP contribution in [0.25, 0.3) is 0 Å². The molecule has 0 aromatic heterocycles. The summed E-state index contributed by atoms with van der Waals surface area (Å²) in [5, 5.41) is 3.12. The van der Waals surface area contributed by atoms with Gasteiger partial charge in [-0.05, 0) is 17.5 Å². The molecule has 0 fully saturated rings. The summed E-state index contributed by atoms with van der Waals surface area (Å²) in [6.45, 7) is 4.67. The van der Waals surface area contributed by atoms with Gasteiger partial charge in [-0.3, -0.25) is 4.79 Å². The van der Waals surface area contributed by atoms with Crippen LogP contribution in [0.3, 0.4) is 0 Å². The van der Waals surface area contributed by atoms with E-state index in [1.807, 2.05) is 30.3 Å². The molecule has 3 aromatic carbocycles. The van der Waals surface area contributed by atoms with Gasteiger partial charge >= 0.3 is 0 Å². The fraction of sp³-hybridized carbons (Fsp3) is 0.240. The minimum atomic E-state index is 0.0301. The summed E-state index contributed by atoms with van der Waals surface area (Å²) in [6.07, 6.45) is 0. The summed E-state index contributed by atoms with van der Waals surface area (Å²) in [5.74, 6) is 0.394. The number of carbonyl (C=O) groups is 1. The zero-order valence-electron chi connectivity index (χ0n) is 16.9. The van der Waals surface area contributed by atoms with Crippen molar-refractivity contribution in [1.82, 2.24) is 0 Å². The molecule has 28 heavy (non-hydrogen) atoms. The van der Waals surface area contributed by atoms with Crippen molar-refractivity contribution < 1.29 is 9.69 Å². The van der Waals surface area contributed by atoms with Crippen molar-refractivity contribution in [3.05, 3.63) is 102 Å². The molecule has 3 aromatic rings. The number of hydrogen-bond acceptors (Lipinski definition) is 1. The van der Waals surface area contributed by atoms with Gasteiger partial charge in [0, 0.05) is 16.8 Å². The lowest BCUT2D eigenvalue weighted by atomic mass is 9.97. The Balaban J connectivity index is 1.79. The summed E-state index contributed by atoms with van der Waals surface area (Å²) >= 11 is 0. The Labute approximate surface area is 168 Å². The molecule has 3 nitrogen and oxygen atoms in total. The summed E-state index contributed by atoms with van der Waals surface area (Å²) in [6, 6.07) is 28.9. The highest BCUT2D eigenvalue weighted by Gasteiger charge is 2.25. The van der Waals surface area contributed by atoms with Crippen LogP contribution in [-0.2, 0) is 4.79 Å². The zero-order valence-corrected chi connectivity index (χ0v) is 16.9. The minimum Gasteiger partial charge on any atom is -0.321 e. The van der Waals surface area contributed by atoms with E-state index in [-0.39, 0.29) is 11.9 Å². The van der Waals surface area contributed by atoms with Crippen molar-refractivity contribution in [1.29, 1.82) is 0 Å². The molecule has 1 unspecified atom stereocenters. The number of quaternary nitrogens is 1. The molecule has 2 N–H and O–H groups in total. The molecular weight excluding hydrogens is 344 g/mol. The highest BCUT2D eigenvalue weighted by molar-refractivity contribution is 5.92. The average Bonchev–Trinajstić information content (AvgIpc) is 2.70. The van der Waals surface area contributed by atoms with Crippen LogP contribution in [0.4, 0.5) is 5.69 Å². The van der Waals surface area contributed by atoms with E-state index < -0.39 is 0 Å². The lowest BCUT2D eigenvalue weighted by Gasteiger charge is -2.26. The Morgan fingerprint density at radius 2 is 1.32 bits per heavy atom. The predicted octanol–water partition coefficient (Wildman–Crippen LogP) is 4.05. The summed E-state index contributed by atoms with van der Waals surface area (Å²) in [4.78, 5) is 14.0. The largest absolute Gasteiger partial charge is 0.321 e. The molecule has 1 amide bonds. The van der Waals surface area contributed by atoms with Crippen molar-refractivity contribution in [3.8, 4) is 0 Å². The van der Waals surface area contributed by atoms with Gasteiger partial charge in [-0.15, -0.1) is 0 Å². The molecule has 3 rings (SSSR count). The molecule has 0 aliphatic carbocycles. The Bertz CT molecular complexity index is 851. The Hall–Kier alpha value is -2.91. The normalized spacial score (nSPS) is 12.2. The topological polar surface area (TPSA) is 33.5 Å². The third kappa shape index (κ3) is 4.87. The summed E-state index contributed by atoms with van der Waals surface area (Å²) in [5.41, 5.74) is 4.49. The van der Waals surface area contributed by atoms with Gasteiger partial charge in [-0.2, -0.15) is 0 Å². The third-order valence-corrected chi connectivity index (χ3v) is 5.05. The van der Waals surface area contributed by atoms with E-state index in [9.17, 15) is 4.79 Å². The first-order chi connectivity index (χ1) is 13.6. The standard InChI is InChI=1S/C25H28N2O/c1-19(2)22-16-10-11-17-23(22)26-24(28)18-27(3)25(20-12-6-4-7-13-20)21-14-8-5-9-15-21/h4-17,19,25H,18H2,1-3H3,(H,26,28)/p+1. The van der Waals surface area contributed by atoms with Crippen molar-refractivity contribution in [2.24, 2.45) is 0 Å². The number of amides is 1. The van der Waals surface area contributed by atoms with Crippen LogP contribution >= 0.6 is 0 Å². The third-order valence-electron chi connectivity index (χ3n) is 5.05. The van der Waals surface area contributed by atoms with Crippen molar-refractivity contribution in [3.63, 3.8) is 0 Å². The number of benzene rings is 3. The number of likely N-dealkylation sites (N-methyl/N-ethyl adjacent to an activating group) is 1. The SMILES string of the molecule is CC(C)c1ccccc1NC(=O)C[NH+](C)C(c1ccccc1)c1ccccc1. The van der Waals surface area contributed by atoms with Crippen molar-refractivity contribution in [2.75, 3.05) is 18.9 Å². The molecule has 0 heterocycles. The van der Waals surface area contributed by atoms with Crippen LogP contribution in [0.1, 0.15) is 42.5 Å². The van der Waals surface area contributed by atoms with Crippen molar-refractivity contribution in [2.45, 2.75) is 25.8 Å². The average molecular weight is 374 g/mol. The number of anilines is 1. The number of carbonyl (C=O) groups excluding carboxylic acids is 1. The van der Waals surface area contributed by atoms with E-state index in [2.05, 4.69) is 80.8 Å². The van der Waals surface area contributed by atoms with Crippen molar-refractivity contribution >= 4 is 11.6 Å². The Kier molecular flexibility index (Phi) is 6.62. The minimum absolute atomic E-state index is 0.0301. The second-order valence-electron chi connectivity index (χ2n) is 7.57. The maximum atomic E-state index is 12.8. The maximum Gasteiger partial charge on any atom is 0.279 e. The number of hydrogen-bond donors (Lipinski definition) is 2. The van der Waals surface area contributed by atoms with Gasteiger partial charge in [-0.1, -0.05) is 92.7 Å². The lowest BCUT2D eigenvalue weighted by Crippen LogP contribution is -3.10. The van der Waals surface area contributed by atoms with E-state index >= 15 is 0 Å². The number of rotatable bonds is 7. The predicted molar refractivity (Wildman–Crippen MR) is 116 cm³/mol. The van der Waals surface area contributed by atoms with Gasteiger partial charge < -0.3 is 10.2 Å². The van der Waals surface area contributed by atoms with Crippen LogP contribution < -0.4 is 10.2 Å². The van der Waals surface area contributed by atoms with Gasteiger partial charge in [0.05, 0.1) is 7.05 Å². The molecule has 0 spiro atoms. The first-order valence-corrected chi connectivity index (χ1v) is 9.87. The molecule has 0 bridgehead atoms. The highest BCUT2D eigenvalue weighted by atomic mass is 16.2. The quantitative estimate of drug-likeness (QED) is 0.644. The van der Waals surface area contributed by atoms with E-state index in [1.54, 1.807) is 0 Å². The molecule has 0 saturated carbocycles. The second-order valence-corrected chi connectivity index (χ2v) is 7.57. The smallest absolute Gasteiger partial charge is 0.279 e. The first-order valence-electron chi connectivity index (χ1n) is 9.87. The molecule has 144 valence electrons. The van der Waals surface area contributed by atoms with Crippen LogP contribution in [-0.4, -0.2) is 19.5 Å². The second kappa shape index (κ2) is 9.34. The molecule has 0 saturated heterocycles. The highest BCUT2D eigenvalue weighted by Crippen LogP contribution is 2.23. The fourth-order valence-electron chi connectivity index (χ4n) is 3.72. The van der Waals surface area contributed by atoms with Gasteiger partial charge in [0.15, 0.2) is 6.54 Å². The molecular formula is C25H29N2O+. The fourth-order valence-corrected chi connectivity index (χ4v) is 3.72. The summed E-state index contributed by atoms with van der Waals surface area (Å²) < 4.78 is 0. The van der Waals surface area contributed by atoms with Gasteiger partial charge in [-0.25, -0.2) is 0 Å². The van der Waals surface area contributed by atoms with Crippen LogP contribution in [0.5, 0.6) is 0 Å². The van der Waals surface area contributed by atoms with Gasteiger partial charge in [0.2, 0.25) is 0 Å². The van der Waals surface area contributed by atoms with E-state index in [0.29, 0.717) is 12.5 Å². The molecule has 0 aliphatic heterocycles. The van der Waals surface area contributed by atoms with Crippen LogP contribution in [0.15, 0.2) is 84.9 Å². The maximum absolute atomic E-state index is 12.8. The van der Waals surface area contributed by atoms with E-state index in [0.717, 1.165) is 16.2 Å². The zero-order chi connectivity index (χ0) is 19.9.